The molecule has 0 aliphatic heterocycles. The van der Waals surface area contributed by atoms with Gasteiger partial charge in [-0.05, 0) is 35.7 Å². The highest BCUT2D eigenvalue weighted by atomic mass is 16.1. The maximum absolute atomic E-state index is 12.8. The van der Waals surface area contributed by atoms with Crippen molar-refractivity contribution < 1.29 is 4.79 Å². The van der Waals surface area contributed by atoms with E-state index in [1.54, 1.807) is 0 Å². The summed E-state index contributed by atoms with van der Waals surface area (Å²) < 4.78 is 0. The molecule has 3 aromatic carbocycles. The molecule has 3 aromatic rings. The molecule has 0 aliphatic rings. The molecule has 0 aliphatic carbocycles. The van der Waals surface area contributed by atoms with E-state index in [9.17, 15) is 10.1 Å². The Morgan fingerprint density at radius 1 is 1.00 bits per heavy atom. The number of anilines is 2. The third kappa shape index (κ3) is 5.02. The van der Waals surface area contributed by atoms with E-state index in [1.165, 1.54) is 6.20 Å². The Hall–Kier alpha value is -4.04. The van der Waals surface area contributed by atoms with Gasteiger partial charge in [-0.1, -0.05) is 66.7 Å². The van der Waals surface area contributed by atoms with Crippen LogP contribution in [-0.4, -0.2) is 5.91 Å². The molecular weight excluding hydrogens is 360 g/mol. The summed E-state index contributed by atoms with van der Waals surface area (Å²) in [5, 5.41) is 15.4. The summed E-state index contributed by atoms with van der Waals surface area (Å²) in [5.41, 5.74) is 10.0. The zero-order chi connectivity index (χ0) is 20.6. The van der Waals surface area contributed by atoms with Gasteiger partial charge in [0.05, 0.1) is 17.4 Å². The number of benzene rings is 3. The molecule has 0 atom stereocenters. The second-order valence-corrected chi connectivity index (χ2v) is 6.63. The standard InChI is InChI=1S/C24H22N4O/c1-17-12-13-22(21(26)14-17)27-16-20(15-25)24(29)28-23(18-8-4-2-5-9-18)19-10-6-3-7-11-19/h2-14,16,23,27H,26H2,1H3,(H,28,29)/b20-16-. The van der Waals surface area contributed by atoms with E-state index >= 15 is 0 Å². The molecule has 0 radical (unpaired) electrons. The molecule has 4 N–H and O–H groups in total. The molecule has 1 amide bonds. The summed E-state index contributed by atoms with van der Waals surface area (Å²) in [5.74, 6) is -0.469. The van der Waals surface area contributed by atoms with Crippen LogP contribution in [0.3, 0.4) is 0 Å². The Morgan fingerprint density at radius 2 is 1.59 bits per heavy atom. The summed E-state index contributed by atoms with van der Waals surface area (Å²) in [4.78, 5) is 12.8. The number of aryl methyl sites for hydroxylation is 1. The van der Waals surface area contributed by atoms with Crippen molar-refractivity contribution in [3.63, 3.8) is 0 Å². The molecule has 144 valence electrons. The number of hydrogen-bond acceptors (Lipinski definition) is 4. The Kier molecular flexibility index (Phi) is 6.29. The van der Waals surface area contributed by atoms with Gasteiger partial charge in [0.2, 0.25) is 0 Å². The zero-order valence-corrected chi connectivity index (χ0v) is 16.1. The van der Waals surface area contributed by atoms with Gasteiger partial charge in [0.1, 0.15) is 11.6 Å². The van der Waals surface area contributed by atoms with Gasteiger partial charge in [0.15, 0.2) is 0 Å². The lowest BCUT2D eigenvalue weighted by molar-refractivity contribution is -0.117. The maximum Gasteiger partial charge on any atom is 0.264 e. The zero-order valence-electron chi connectivity index (χ0n) is 16.1. The number of rotatable bonds is 6. The van der Waals surface area contributed by atoms with E-state index in [4.69, 9.17) is 5.73 Å². The van der Waals surface area contributed by atoms with Crippen molar-refractivity contribution in [3.8, 4) is 6.07 Å². The number of nitrogen functional groups attached to an aromatic ring is 1. The molecule has 0 spiro atoms. The highest BCUT2D eigenvalue weighted by molar-refractivity contribution is 5.98. The minimum atomic E-state index is -0.469. The number of nitrogens with zero attached hydrogens (tertiary/aromatic N) is 1. The first-order chi connectivity index (χ1) is 14.1. The van der Waals surface area contributed by atoms with Gasteiger partial charge in [0.25, 0.3) is 5.91 Å². The topological polar surface area (TPSA) is 90.9 Å². The SMILES string of the molecule is Cc1ccc(N/C=C(/C#N)C(=O)NC(c2ccccc2)c2ccccc2)c(N)c1. The summed E-state index contributed by atoms with van der Waals surface area (Å²) in [6.45, 7) is 1.94. The summed E-state index contributed by atoms with van der Waals surface area (Å²) in [6, 6.07) is 26.4. The molecule has 0 fully saturated rings. The van der Waals surface area contributed by atoms with Crippen LogP contribution in [0.4, 0.5) is 11.4 Å². The predicted octanol–water partition coefficient (Wildman–Crippen LogP) is 4.30. The second-order valence-electron chi connectivity index (χ2n) is 6.63. The summed E-state index contributed by atoms with van der Waals surface area (Å²) in [7, 11) is 0. The average Bonchev–Trinajstić information content (AvgIpc) is 2.75. The molecule has 0 saturated heterocycles. The van der Waals surface area contributed by atoms with E-state index in [2.05, 4.69) is 10.6 Å². The molecule has 5 nitrogen and oxygen atoms in total. The number of hydrogen-bond donors (Lipinski definition) is 3. The third-order valence-electron chi connectivity index (χ3n) is 4.49. The van der Waals surface area contributed by atoms with Crippen molar-refractivity contribution >= 4 is 17.3 Å². The Balaban J connectivity index is 1.83. The van der Waals surface area contributed by atoms with Crippen LogP contribution in [0, 0.1) is 18.3 Å². The van der Waals surface area contributed by atoms with Gasteiger partial charge >= 0.3 is 0 Å². The van der Waals surface area contributed by atoms with Crippen molar-refractivity contribution in [1.29, 1.82) is 5.26 Å². The lowest BCUT2D eigenvalue weighted by Gasteiger charge is -2.19. The van der Waals surface area contributed by atoms with Gasteiger partial charge in [-0.25, -0.2) is 0 Å². The van der Waals surface area contributed by atoms with Crippen LogP contribution in [0.1, 0.15) is 22.7 Å². The highest BCUT2D eigenvalue weighted by Crippen LogP contribution is 2.23. The quantitative estimate of drug-likeness (QED) is 0.337. The molecule has 0 bridgehead atoms. The predicted molar refractivity (Wildman–Crippen MR) is 116 cm³/mol. The molecule has 3 rings (SSSR count). The van der Waals surface area contributed by atoms with E-state index in [-0.39, 0.29) is 11.6 Å². The van der Waals surface area contributed by atoms with E-state index in [1.807, 2.05) is 91.9 Å². The molecule has 0 aromatic heterocycles. The largest absolute Gasteiger partial charge is 0.397 e. The van der Waals surface area contributed by atoms with Gasteiger partial charge < -0.3 is 16.4 Å². The van der Waals surface area contributed by atoms with E-state index in [0.717, 1.165) is 16.7 Å². The van der Waals surface area contributed by atoms with Gasteiger partial charge in [-0.3, -0.25) is 4.79 Å². The molecule has 0 unspecified atom stereocenters. The Bertz CT molecular complexity index is 1010. The van der Waals surface area contributed by atoms with Crippen LogP contribution < -0.4 is 16.4 Å². The van der Waals surface area contributed by atoms with Crippen LogP contribution in [0.25, 0.3) is 0 Å². The summed E-state index contributed by atoms with van der Waals surface area (Å²) >= 11 is 0. The van der Waals surface area contributed by atoms with Gasteiger partial charge in [0, 0.05) is 6.20 Å². The minimum Gasteiger partial charge on any atom is -0.397 e. The molecule has 0 heterocycles. The first-order valence-corrected chi connectivity index (χ1v) is 9.22. The smallest absolute Gasteiger partial charge is 0.264 e. The molecular formula is C24H22N4O. The fourth-order valence-corrected chi connectivity index (χ4v) is 2.97. The molecule has 0 saturated carbocycles. The van der Waals surface area contributed by atoms with Crippen molar-refractivity contribution in [2.45, 2.75) is 13.0 Å². The number of carbonyl (C=O) groups is 1. The van der Waals surface area contributed by atoms with Crippen LogP contribution in [-0.2, 0) is 4.79 Å². The number of carbonyl (C=O) groups excluding carboxylic acids is 1. The van der Waals surface area contributed by atoms with E-state index < -0.39 is 5.91 Å². The van der Waals surface area contributed by atoms with Gasteiger partial charge in [-0.2, -0.15) is 5.26 Å². The molecule has 29 heavy (non-hydrogen) atoms. The Labute approximate surface area is 170 Å². The number of nitrogens with two attached hydrogens (primary N) is 1. The Morgan fingerprint density at radius 3 is 2.10 bits per heavy atom. The monoisotopic (exact) mass is 382 g/mol. The van der Waals surface area contributed by atoms with Crippen LogP contribution in [0.5, 0.6) is 0 Å². The number of amides is 1. The second kappa shape index (κ2) is 9.25. The van der Waals surface area contributed by atoms with Crippen molar-refractivity contribution in [2.24, 2.45) is 0 Å². The lowest BCUT2D eigenvalue weighted by atomic mass is 9.98. The third-order valence-corrected chi connectivity index (χ3v) is 4.49. The first-order valence-electron chi connectivity index (χ1n) is 9.22. The van der Waals surface area contributed by atoms with Gasteiger partial charge in [-0.15, -0.1) is 0 Å². The fourth-order valence-electron chi connectivity index (χ4n) is 2.97. The fraction of sp³-hybridized carbons (Fsp3) is 0.0833. The van der Waals surface area contributed by atoms with Crippen LogP contribution in [0.2, 0.25) is 0 Å². The summed E-state index contributed by atoms with van der Waals surface area (Å²) in [6.07, 6.45) is 1.38. The van der Waals surface area contributed by atoms with Crippen molar-refractivity contribution in [3.05, 3.63) is 107 Å². The number of nitriles is 1. The first kappa shape index (κ1) is 19.7. The minimum absolute atomic E-state index is 0.0400. The lowest BCUT2D eigenvalue weighted by Crippen LogP contribution is -2.30. The van der Waals surface area contributed by atoms with E-state index in [0.29, 0.717) is 11.4 Å². The normalized spacial score (nSPS) is 11.0. The molecule has 5 heteroatoms. The highest BCUT2D eigenvalue weighted by Gasteiger charge is 2.19. The van der Waals surface area contributed by atoms with Crippen molar-refractivity contribution in [2.75, 3.05) is 11.1 Å². The van der Waals surface area contributed by atoms with Crippen LogP contribution in [0.15, 0.2) is 90.6 Å². The van der Waals surface area contributed by atoms with Crippen LogP contribution >= 0.6 is 0 Å². The van der Waals surface area contributed by atoms with Crippen molar-refractivity contribution in [1.82, 2.24) is 5.32 Å². The number of nitrogens with one attached hydrogen (secondary N) is 2. The average molecular weight is 382 g/mol. The maximum atomic E-state index is 12.8.